The normalized spacial score (nSPS) is 17.3. The topological polar surface area (TPSA) is 32.7 Å². The van der Waals surface area contributed by atoms with E-state index in [4.69, 9.17) is 4.74 Å². The van der Waals surface area contributed by atoms with Crippen LogP contribution >= 0.6 is 0 Å². The van der Waals surface area contributed by atoms with Gasteiger partial charge < -0.3 is 9.84 Å². The van der Waals surface area contributed by atoms with E-state index in [9.17, 15) is 22.7 Å². The van der Waals surface area contributed by atoms with E-state index in [0.29, 0.717) is 37.0 Å². The van der Waals surface area contributed by atoms with E-state index in [1.54, 1.807) is 24.3 Å². The summed E-state index contributed by atoms with van der Waals surface area (Å²) in [5.74, 6) is -0.939. The molecule has 0 spiro atoms. The van der Waals surface area contributed by atoms with Crippen LogP contribution in [-0.4, -0.2) is 42.9 Å². The monoisotopic (exact) mass is 369 g/mol. The largest absolute Gasteiger partial charge is 0.416 e. The lowest BCUT2D eigenvalue weighted by Gasteiger charge is -2.28. The summed E-state index contributed by atoms with van der Waals surface area (Å²) < 4.78 is 57.3. The molecule has 0 aromatic heterocycles. The van der Waals surface area contributed by atoms with Gasteiger partial charge in [-0.25, -0.2) is 4.39 Å². The van der Waals surface area contributed by atoms with Crippen molar-refractivity contribution in [2.24, 2.45) is 0 Å². The second-order valence-corrected chi connectivity index (χ2v) is 6.28. The van der Waals surface area contributed by atoms with Crippen LogP contribution in [0.2, 0.25) is 0 Å². The molecule has 1 aliphatic rings. The predicted molar refractivity (Wildman–Crippen MR) is 89.1 cm³/mol. The molecule has 2 aromatic carbocycles. The first-order valence-corrected chi connectivity index (χ1v) is 8.29. The number of rotatable bonds is 4. The summed E-state index contributed by atoms with van der Waals surface area (Å²) in [5, 5.41) is 10.3. The standard InChI is InChI=1S/C19H19F4NO2/c20-17-10-15(9-16(11-17)19(21,22)23)13-1-3-14(4-2-13)18(25)12-24-5-7-26-8-6-24/h1-4,9-11,18,25H,5-8,12H2. The lowest BCUT2D eigenvalue weighted by Crippen LogP contribution is -2.38. The Morgan fingerprint density at radius 3 is 2.27 bits per heavy atom. The first kappa shape index (κ1) is 18.8. The predicted octanol–water partition coefficient (Wildman–Crippen LogP) is 3.88. The maximum absolute atomic E-state index is 13.6. The second-order valence-electron chi connectivity index (χ2n) is 6.28. The molecule has 1 aliphatic heterocycles. The van der Waals surface area contributed by atoms with Crippen LogP contribution in [0.1, 0.15) is 17.2 Å². The molecule has 1 N–H and O–H groups in total. The van der Waals surface area contributed by atoms with Gasteiger partial charge in [-0.2, -0.15) is 13.2 Å². The number of ether oxygens (including phenoxy) is 1. The zero-order valence-corrected chi connectivity index (χ0v) is 14.0. The first-order chi connectivity index (χ1) is 12.3. The lowest BCUT2D eigenvalue weighted by atomic mass is 9.99. The molecular formula is C19H19F4NO2. The van der Waals surface area contributed by atoms with Crippen molar-refractivity contribution in [2.45, 2.75) is 12.3 Å². The fraction of sp³-hybridized carbons (Fsp3) is 0.368. The van der Waals surface area contributed by atoms with Gasteiger partial charge in [0.05, 0.1) is 24.9 Å². The van der Waals surface area contributed by atoms with E-state index in [0.717, 1.165) is 25.2 Å². The summed E-state index contributed by atoms with van der Waals surface area (Å²) in [6.07, 6.45) is -5.31. The van der Waals surface area contributed by atoms with Gasteiger partial charge in [-0.15, -0.1) is 0 Å². The molecule has 1 fully saturated rings. The number of benzene rings is 2. The summed E-state index contributed by atoms with van der Waals surface area (Å²) in [7, 11) is 0. The van der Waals surface area contributed by atoms with Gasteiger partial charge in [0, 0.05) is 19.6 Å². The van der Waals surface area contributed by atoms with Crippen LogP contribution in [0.15, 0.2) is 42.5 Å². The molecule has 3 nitrogen and oxygen atoms in total. The molecule has 1 heterocycles. The Morgan fingerprint density at radius 1 is 1.00 bits per heavy atom. The molecule has 0 saturated carbocycles. The van der Waals surface area contributed by atoms with Crippen molar-refractivity contribution in [3.63, 3.8) is 0 Å². The fourth-order valence-corrected chi connectivity index (χ4v) is 2.95. The van der Waals surface area contributed by atoms with E-state index in [1.807, 2.05) is 0 Å². The smallest absolute Gasteiger partial charge is 0.387 e. The Balaban J connectivity index is 1.76. The summed E-state index contributed by atoms with van der Waals surface area (Å²) >= 11 is 0. The maximum Gasteiger partial charge on any atom is 0.416 e. The van der Waals surface area contributed by atoms with E-state index >= 15 is 0 Å². The Kier molecular flexibility index (Phi) is 5.60. The van der Waals surface area contributed by atoms with Crippen molar-refractivity contribution >= 4 is 0 Å². The van der Waals surface area contributed by atoms with Gasteiger partial charge in [-0.05, 0) is 34.9 Å². The van der Waals surface area contributed by atoms with Gasteiger partial charge in [0.25, 0.3) is 0 Å². The third kappa shape index (κ3) is 4.60. The van der Waals surface area contributed by atoms with Crippen LogP contribution in [0.25, 0.3) is 11.1 Å². The van der Waals surface area contributed by atoms with Gasteiger partial charge in [0.1, 0.15) is 5.82 Å². The molecule has 1 saturated heterocycles. The number of halogens is 4. The number of aliphatic hydroxyl groups excluding tert-OH is 1. The zero-order chi connectivity index (χ0) is 18.7. The Morgan fingerprint density at radius 2 is 1.65 bits per heavy atom. The van der Waals surface area contributed by atoms with Gasteiger partial charge in [0.15, 0.2) is 0 Å². The molecule has 0 bridgehead atoms. The van der Waals surface area contributed by atoms with Gasteiger partial charge in [-0.1, -0.05) is 24.3 Å². The lowest BCUT2D eigenvalue weighted by molar-refractivity contribution is -0.137. The Labute approximate surface area is 148 Å². The molecule has 2 aromatic rings. The number of hydrogen-bond acceptors (Lipinski definition) is 3. The van der Waals surface area contributed by atoms with Crippen LogP contribution in [0.3, 0.4) is 0 Å². The Hall–Kier alpha value is -1.96. The van der Waals surface area contributed by atoms with Gasteiger partial charge in [0.2, 0.25) is 0 Å². The van der Waals surface area contributed by atoms with Crippen molar-refractivity contribution in [2.75, 3.05) is 32.8 Å². The molecule has 0 amide bonds. The van der Waals surface area contributed by atoms with Crippen molar-refractivity contribution in [1.29, 1.82) is 0 Å². The maximum atomic E-state index is 13.6. The molecular weight excluding hydrogens is 350 g/mol. The summed E-state index contributed by atoms with van der Waals surface area (Å²) in [4.78, 5) is 2.09. The highest BCUT2D eigenvalue weighted by Gasteiger charge is 2.31. The minimum Gasteiger partial charge on any atom is -0.387 e. The van der Waals surface area contributed by atoms with Crippen LogP contribution in [0.4, 0.5) is 17.6 Å². The number of β-amino-alcohol motifs (C(OH)–C–C–N with tert-alkyl or cyclic N) is 1. The van der Waals surface area contributed by atoms with Crippen LogP contribution < -0.4 is 0 Å². The molecule has 140 valence electrons. The van der Waals surface area contributed by atoms with E-state index in [1.165, 1.54) is 0 Å². The summed E-state index contributed by atoms with van der Waals surface area (Å²) in [6, 6.07) is 8.94. The average molecular weight is 369 g/mol. The highest BCUT2D eigenvalue weighted by Crippen LogP contribution is 2.33. The molecule has 7 heteroatoms. The minimum atomic E-state index is -4.61. The van der Waals surface area contributed by atoms with Crippen LogP contribution in [0.5, 0.6) is 0 Å². The molecule has 0 radical (unpaired) electrons. The highest BCUT2D eigenvalue weighted by molar-refractivity contribution is 5.65. The summed E-state index contributed by atoms with van der Waals surface area (Å²) in [6.45, 7) is 3.22. The third-order valence-corrected chi connectivity index (χ3v) is 4.39. The Bertz CT molecular complexity index is 740. The van der Waals surface area contributed by atoms with E-state index in [-0.39, 0.29) is 5.56 Å². The first-order valence-electron chi connectivity index (χ1n) is 8.29. The molecule has 3 rings (SSSR count). The number of nitrogens with zero attached hydrogens (tertiary/aromatic N) is 1. The second kappa shape index (κ2) is 7.73. The van der Waals surface area contributed by atoms with Crippen molar-refractivity contribution in [3.8, 4) is 11.1 Å². The number of alkyl halides is 3. The third-order valence-electron chi connectivity index (χ3n) is 4.39. The van der Waals surface area contributed by atoms with Gasteiger partial charge >= 0.3 is 6.18 Å². The molecule has 1 atom stereocenters. The van der Waals surface area contributed by atoms with Crippen molar-refractivity contribution < 1.29 is 27.4 Å². The molecule has 0 aliphatic carbocycles. The van der Waals surface area contributed by atoms with E-state index < -0.39 is 23.7 Å². The fourth-order valence-electron chi connectivity index (χ4n) is 2.95. The average Bonchev–Trinajstić information content (AvgIpc) is 2.61. The van der Waals surface area contributed by atoms with E-state index in [2.05, 4.69) is 4.90 Å². The molecule has 1 unspecified atom stereocenters. The zero-order valence-electron chi connectivity index (χ0n) is 14.0. The van der Waals surface area contributed by atoms with Crippen LogP contribution in [0, 0.1) is 5.82 Å². The minimum absolute atomic E-state index is 0.145. The van der Waals surface area contributed by atoms with Crippen molar-refractivity contribution in [1.82, 2.24) is 4.90 Å². The number of morpholine rings is 1. The summed E-state index contributed by atoms with van der Waals surface area (Å²) in [5.41, 5.74) is 0.237. The van der Waals surface area contributed by atoms with Gasteiger partial charge in [-0.3, -0.25) is 4.90 Å². The quantitative estimate of drug-likeness (QED) is 0.831. The highest BCUT2D eigenvalue weighted by atomic mass is 19.4. The number of hydrogen-bond donors (Lipinski definition) is 1. The van der Waals surface area contributed by atoms with Crippen LogP contribution in [-0.2, 0) is 10.9 Å². The molecule has 26 heavy (non-hydrogen) atoms. The SMILES string of the molecule is OC(CN1CCOCC1)c1ccc(-c2cc(F)cc(C(F)(F)F)c2)cc1. The number of aliphatic hydroxyl groups is 1. The van der Waals surface area contributed by atoms with Crippen molar-refractivity contribution in [3.05, 3.63) is 59.4 Å².